The highest BCUT2D eigenvalue weighted by molar-refractivity contribution is 6.48. The minimum atomic E-state index is -2.17. The second kappa shape index (κ2) is 6.62. The zero-order chi connectivity index (χ0) is 12.9. The highest BCUT2D eigenvalue weighted by atomic mass is 28.3. The molecule has 0 radical (unpaired) electrons. The summed E-state index contributed by atoms with van der Waals surface area (Å²) in [6, 6.07) is 0. The summed E-state index contributed by atoms with van der Waals surface area (Å²) in [5, 5.41) is 31.2. The maximum atomic E-state index is 9.69. The van der Waals surface area contributed by atoms with Gasteiger partial charge in [-0.2, -0.15) is 0 Å². The van der Waals surface area contributed by atoms with E-state index >= 15 is 0 Å². The van der Waals surface area contributed by atoms with Crippen molar-refractivity contribution in [2.45, 2.75) is 52.0 Å². The van der Waals surface area contributed by atoms with Gasteiger partial charge in [-0.05, 0) is 40.8 Å². The van der Waals surface area contributed by atoms with Crippen molar-refractivity contribution in [2.24, 2.45) is 0 Å². The number of aliphatic hydroxyl groups is 1. The lowest BCUT2D eigenvalue weighted by molar-refractivity contribution is -0.0924. The van der Waals surface area contributed by atoms with Gasteiger partial charge in [-0.25, -0.2) is 0 Å². The molecule has 0 heterocycles. The van der Waals surface area contributed by atoms with E-state index in [1.165, 1.54) is 0 Å². The Morgan fingerprint density at radius 1 is 1.00 bits per heavy atom. The SMILES string of the molecule is C[SiH](C)OC(C)(C)C(C)(C)O.OB(O)O. The van der Waals surface area contributed by atoms with Crippen LogP contribution >= 0.6 is 0 Å². The average Bonchev–Trinajstić information content (AvgIpc) is 1.78. The zero-order valence-electron chi connectivity index (χ0n) is 10.4. The van der Waals surface area contributed by atoms with E-state index < -0.39 is 27.6 Å². The summed E-state index contributed by atoms with van der Waals surface area (Å²) >= 11 is 0. The molecular weight excluding hydrogens is 215 g/mol. The second-order valence-corrected chi connectivity index (χ2v) is 6.92. The van der Waals surface area contributed by atoms with Gasteiger partial charge in [0.05, 0.1) is 11.2 Å². The molecule has 0 atom stereocenters. The third-order valence-corrected chi connectivity index (χ3v) is 3.06. The molecular formula is C8H23BO5Si. The van der Waals surface area contributed by atoms with E-state index in [2.05, 4.69) is 13.1 Å². The molecule has 0 aromatic heterocycles. The molecule has 0 saturated carbocycles. The van der Waals surface area contributed by atoms with Gasteiger partial charge in [0.25, 0.3) is 0 Å². The molecule has 0 aliphatic rings. The fraction of sp³-hybridized carbons (Fsp3) is 1.00. The summed E-state index contributed by atoms with van der Waals surface area (Å²) < 4.78 is 5.69. The molecule has 0 rings (SSSR count). The van der Waals surface area contributed by atoms with Crippen LogP contribution in [0.3, 0.4) is 0 Å². The molecule has 0 spiro atoms. The van der Waals surface area contributed by atoms with Crippen molar-refractivity contribution in [2.75, 3.05) is 0 Å². The van der Waals surface area contributed by atoms with Crippen molar-refractivity contribution in [1.82, 2.24) is 0 Å². The summed E-state index contributed by atoms with van der Waals surface area (Å²) in [6.07, 6.45) is 0. The van der Waals surface area contributed by atoms with Crippen LogP contribution in [-0.2, 0) is 4.43 Å². The minimum Gasteiger partial charge on any atom is -0.413 e. The van der Waals surface area contributed by atoms with Crippen molar-refractivity contribution in [3.8, 4) is 0 Å². The lowest BCUT2D eigenvalue weighted by Gasteiger charge is -2.38. The van der Waals surface area contributed by atoms with Crippen LogP contribution in [-0.4, -0.2) is 47.7 Å². The summed E-state index contributed by atoms with van der Waals surface area (Å²) in [7, 11) is -3.22. The van der Waals surface area contributed by atoms with Crippen LogP contribution in [0.15, 0.2) is 0 Å². The topological polar surface area (TPSA) is 90.2 Å². The second-order valence-electron chi connectivity index (χ2n) is 4.58. The van der Waals surface area contributed by atoms with E-state index in [4.69, 9.17) is 19.5 Å². The average molecular weight is 238 g/mol. The molecule has 0 bridgehead atoms. The smallest absolute Gasteiger partial charge is 0.413 e. The third kappa shape index (κ3) is 10.4. The molecule has 0 saturated heterocycles. The number of hydrogen-bond acceptors (Lipinski definition) is 5. The quantitative estimate of drug-likeness (QED) is 0.497. The third-order valence-electron chi connectivity index (χ3n) is 2.00. The van der Waals surface area contributed by atoms with Crippen molar-refractivity contribution < 1.29 is 24.6 Å². The van der Waals surface area contributed by atoms with Crippen LogP contribution < -0.4 is 0 Å². The van der Waals surface area contributed by atoms with E-state index in [0.717, 1.165) is 0 Å². The van der Waals surface area contributed by atoms with E-state index in [1.807, 2.05) is 13.8 Å². The van der Waals surface area contributed by atoms with Crippen molar-refractivity contribution in [3.05, 3.63) is 0 Å². The highest BCUT2D eigenvalue weighted by Crippen LogP contribution is 2.25. The molecule has 0 unspecified atom stereocenters. The fourth-order valence-corrected chi connectivity index (χ4v) is 2.20. The molecule has 0 aromatic rings. The molecule has 15 heavy (non-hydrogen) atoms. The maximum Gasteiger partial charge on any atom is 0.631 e. The first-order valence-corrected chi connectivity index (χ1v) is 7.62. The first-order chi connectivity index (χ1) is 6.40. The van der Waals surface area contributed by atoms with Crippen LogP contribution in [0, 0.1) is 0 Å². The number of hydrogen-bond donors (Lipinski definition) is 4. The van der Waals surface area contributed by atoms with Crippen LogP contribution in [0.25, 0.3) is 0 Å². The number of rotatable bonds is 3. The Bertz CT molecular complexity index is 164. The Morgan fingerprint density at radius 3 is 1.33 bits per heavy atom. The van der Waals surface area contributed by atoms with Gasteiger partial charge in [-0.1, -0.05) is 0 Å². The fourth-order valence-electron chi connectivity index (χ4n) is 0.733. The van der Waals surface area contributed by atoms with Gasteiger partial charge in [0, 0.05) is 0 Å². The van der Waals surface area contributed by atoms with Gasteiger partial charge >= 0.3 is 7.32 Å². The predicted molar refractivity (Wildman–Crippen MR) is 62.7 cm³/mol. The van der Waals surface area contributed by atoms with Gasteiger partial charge in [0.15, 0.2) is 9.04 Å². The lowest BCUT2D eigenvalue weighted by Crippen LogP contribution is -2.49. The van der Waals surface area contributed by atoms with Gasteiger partial charge in [0.1, 0.15) is 0 Å². The van der Waals surface area contributed by atoms with Crippen LogP contribution in [0.2, 0.25) is 13.1 Å². The molecule has 0 aliphatic carbocycles. The minimum absolute atomic E-state index is 0.423. The highest BCUT2D eigenvalue weighted by Gasteiger charge is 2.36. The predicted octanol–water partition coefficient (Wildman–Crippen LogP) is -0.516. The summed E-state index contributed by atoms with van der Waals surface area (Å²) in [5.41, 5.74) is -1.18. The Labute approximate surface area is 93.6 Å². The molecule has 7 heteroatoms. The van der Waals surface area contributed by atoms with E-state index in [-0.39, 0.29) is 0 Å². The Hall–Kier alpha value is 0.0818. The van der Waals surface area contributed by atoms with E-state index in [0.29, 0.717) is 0 Å². The van der Waals surface area contributed by atoms with Gasteiger partial charge in [-0.15, -0.1) is 0 Å². The van der Waals surface area contributed by atoms with Crippen LogP contribution in [0.5, 0.6) is 0 Å². The molecule has 0 fully saturated rings. The van der Waals surface area contributed by atoms with Gasteiger partial charge in [0.2, 0.25) is 0 Å². The Morgan fingerprint density at radius 2 is 1.27 bits per heavy atom. The van der Waals surface area contributed by atoms with Crippen LogP contribution in [0.1, 0.15) is 27.7 Å². The molecule has 0 amide bonds. The first kappa shape index (κ1) is 17.5. The van der Waals surface area contributed by atoms with E-state index in [1.54, 1.807) is 13.8 Å². The van der Waals surface area contributed by atoms with Crippen molar-refractivity contribution in [3.63, 3.8) is 0 Å². The molecule has 0 aliphatic heterocycles. The van der Waals surface area contributed by atoms with Gasteiger partial charge < -0.3 is 24.6 Å². The molecule has 5 nitrogen and oxygen atoms in total. The van der Waals surface area contributed by atoms with Crippen LogP contribution in [0.4, 0.5) is 0 Å². The van der Waals surface area contributed by atoms with Crippen molar-refractivity contribution >= 4 is 16.4 Å². The maximum absolute atomic E-state index is 9.69. The Balaban J connectivity index is 0. The summed E-state index contributed by atoms with van der Waals surface area (Å²) in [4.78, 5) is 0. The lowest BCUT2D eigenvalue weighted by atomic mass is 9.90. The molecule has 92 valence electrons. The molecule has 0 aromatic carbocycles. The monoisotopic (exact) mass is 238 g/mol. The van der Waals surface area contributed by atoms with Crippen molar-refractivity contribution in [1.29, 1.82) is 0 Å². The molecule has 4 N–H and O–H groups in total. The van der Waals surface area contributed by atoms with Gasteiger partial charge in [-0.3, -0.25) is 0 Å². The first-order valence-electron chi connectivity index (χ1n) is 4.84. The summed E-state index contributed by atoms with van der Waals surface area (Å²) in [5.74, 6) is 0. The zero-order valence-corrected chi connectivity index (χ0v) is 11.5. The summed E-state index contributed by atoms with van der Waals surface area (Å²) in [6.45, 7) is 11.6. The standard InChI is InChI=1S/C8H20O2Si.BH3O3/c1-7(2,9)8(3,4)10-11(5)6;2-1(3)4/h9,11H,1-6H3;2-4H. The largest absolute Gasteiger partial charge is 0.631 e. The normalized spacial score (nSPS) is 12.2. The Kier molecular flexibility index (Phi) is 7.71. The van der Waals surface area contributed by atoms with E-state index in [9.17, 15) is 5.11 Å².